The summed E-state index contributed by atoms with van der Waals surface area (Å²) in [4.78, 5) is 4.15. The number of halogens is 1. The quantitative estimate of drug-likeness (QED) is 0.769. The predicted molar refractivity (Wildman–Crippen MR) is 56.9 cm³/mol. The Morgan fingerprint density at radius 3 is 3.07 bits per heavy atom. The van der Waals surface area contributed by atoms with Crippen LogP contribution in [0.25, 0.3) is 0 Å². The Bertz CT molecular complexity index is 392. The standard InChI is InChI=1S/C10H12FN3O/c1-15-9-3-2-7(11)6-8(9)14-10-12-4-5-13-10/h2-3,6H,4-5H2,1H3,(H2,12,13,14). The first-order valence-electron chi connectivity index (χ1n) is 4.68. The molecule has 1 aliphatic heterocycles. The first-order valence-corrected chi connectivity index (χ1v) is 4.68. The van der Waals surface area contributed by atoms with Gasteiger partial charge in [0.05, 0.1) is 19.3 Å². The van der Waals surface area contributed by atoms with E-state index in [9.17, 15) is 4.39 Å². The minimum absolute atomic E-state index is 0.308. The molecule has 0 aliphatic carbocycles. The number of hydrogen-bond acceptors (Lipinski definition) is 4. The molecule has 1 aliphatic rings. The summed E-state index contributed by atoms with van der Waals surface area (Å²) in [6.45, 7) is 1.54. The molecule has 0 saturated carbocycles. The van der Waals surface area contributed by atoms with Crippen LogP contribution in [-0.2, 0) is 0 Å². The zero-order valence-corrected chi connectivity index (χ0v) is 8.38. The van der Waals surface area contributed by atoms with Crippen molar-refractivity contribution < 1.29 is 9.13 Å². The normalized spacial score (nSPS) is 14.4. The van der Waals surface area contributed by atoms with Crippen molar-refractivity contribution in [3.63, 3.8) is 0 Å². The Balaban J connectivity index is 2.21. The van der Waals surface area contributed by atoms with E-state index in [2.05, 4.69) is 15.6 Å². The molecule has 2 rings (SSSR count). The zero-order valence-electron chi connectivity index (χ0n) is 8.38. The number of aliphatic imine (C=N–C) groups is 1. The van der Waals surface area contributed by atoms with E-state index in [0.717, 1.165) is 13.1 Å². The minimum atomic E-state index is -0.308. The second-order valence-electron chi connectivity index (χ2n) is 3.13. The summed E-state index contributed by atoms with van der Waals surface area (Å²) in [6, 6.07) is 4.31. The molecule has 0 fully saturated rings. The predicted octanol–water partition coefficient (Wildman–Crippen LogP) is 1.21. The molecule has 1 aromatic carbocycles. The molecular weight excluding hydrogens is 197 g/mol. The zero-order chi connectivity index (χ0) is 10.7. The van der Waals surface area contributed by atoms with Crippen LogP contribution in [0.4, 0.5) is 10.1 Å². The van der Waals surface area contributed by atoms with Gasteiger partial charge in [-0.05, 0) is 12.1 Å². The lowest BCUT2D eigenvalue weighted by atomic mass is 10.3. The number of nitrogens with one attached hydrogen (secondary N) is 2. The second kappa shape index (κ2) is 4.16. The molecule has 0 saturated heterocycles. The number of anilines is 1. The average molecular weight is 209 g/mol. The number of rotatable bonds is 2. The maximum absolute atomic E-state index is 13.0. The van der Waals surface area contributed by atoms with Gasteiger partial charge in [-0.25, -0.2) is 4.39 Å². The Kier molecular flexibility index (Phi) is 2.71. The van der Waals surface area contributed by atoms with E-state index in [4.69, 9.17) is 4.74 Å². The number of guanidine groups is 1. The molecule has 0 aromatic heterocycles. The van der Waals surface area contributed by atoms with Crippen molar-refractivity contribution in [2.75, 3.05) is 25.5 Å². The third kappa shape index (κ3) is 2.18. The molecule has 0 atom stereocenters. The van der Waals surface area contributed by atoms with E-state index in [1.807, 2.05) is 0 Å². The number of ether oxygens (including phenoxy) is 1. The molecule has 15 heavy (non-hydrogen) atoms. The van der Waals surface area contributed by atoms with Crippen LogP contribution in [0.15, 0.2) is 23.2 Å². The molecule has 0 unspecified atom stereocenters. The summed E-state index contributed by atoms with van der Waals surface area (Å²) >= 11 is 0. The third-order valence-electron chi connectivity index (χ3n) is 2.09. The molecule has 0 amide bonds. The van der Waals surface area contributed by atoms with Gasteiger partial charge in [0.15, 0.2) is 5.96 Å². The summed E-state index contributed by atoms with van der Waals surface area (Å²) in [6.07, 6.45) is 0. The van der Waals surface area contributed by atoms with Gasteiger partial charge < -0.3 is 15.4 Å². The maximum Gasteiger partial charge on any atom is 0.196 e. The lowest BCUT2D eigenvalue weighted by Gasteiger charge is -2.10. The van der Waals surface area contributed by atoms with Crippen LogP contribution in [0.2, 0.25) is 0 Å². The SMILES string of the molecule is COc1ccc(F)cc1NC1=NCCN1. The lowest BCUT2D eigenvalue weighted by Crippen LogP contribution is -2.26. The summed E-state index contributed by atoms with van der Waals surface area (Å²) in [7, 11) is 1.54. The van der Waals surface area contributed by atoms with Gasteiger partial charge in [0.25, 0.3) is 0 Å². The largest absolute Gasteiger partial charge is 0.495 e. The highest BCUT2D eigenvalue weighted by Gasteiger charge is 2.09. The highest BCUT2D eigenvalue weighted by Crippen LogP contribution is 2.24. The first-order chi connectivity index (χ1) is 7.29. The van der Waals surface area contributed by atoms with Crippen LogP contribution in [0.5, 0.6) is 5.75 Å². The van der Waals surface area contributed by atoms with Crippen LogP contribution in [0.1, 0.15) is 0 Å². The average Bonchev–Trinajstić information content (AvgIpc) is 2.71. The van der Waals surface area contributed by atoms with E-state index in [1.54, 1.807) is 13.2 Å². The topological polar surface area (TPSA) is 45.6 Å². The van der Waals surface area contributed by atoms with Crippen molar-refractivity contribution in [3.05, 3.63) is 24.0 Å². The number of hydrogen-bond donors (Lipinski definition) is 2. The Labute approximate surface area is 87.2 Å². The van der Waals surface area contributed by atoms with Crippen molar-refractivity contribution in [1.82, 2.24) is 5.32 Å². The van der Waals surface area contributed by atoms with E-state index < -0.39 is 0 Å². The Hall–Kier alpha value is -1.78. The molecular formula is C10H12FN3O. The van der Waals surface area contributed by atoms with Crippen molar-refractivity contribution in [1.29, 1.82) is 0 Å². The van der Waals surface area contributed by atoms with Gasteiger partial charge in [-0.3, -0.25) is 4.99 Å². The van der Waals surface area contributed by atoms with Crippen molar-refractivity contribution in [2.45, 2.75) is 0 Å². The Morgan fingerprint density at radius 2 is 2.40 bits per heavy atom. The van der Waals surface area contributed by atoms with Crippen molar-refractivity contribution >= 4 is 11.6 Å². The second-order valence-corrected chi connectivity index (χ2v) is 3.13. The molecule has 0 radical (unpaired) electrons. The highest BCUT2D eigenvalue weighted by molar-refractivity contribution is 5.95. The van der Waals surface area contributed by atoms with Crippen LogP contribution < -0.4 is 15.4 Å². The number of benzene rings is 1. The molecule has 1 aromatic rings. The van der Waals surface area contributed by atoms with Gasteiger partial charge in [0.1, 0.15) is 11.6 Å². The fraction of sp³-hybridized carbons (Fsp3) is 0.300. The molecule has 0 spiro atoms. The fourth-order valence-electron chi connectivity index (χ4n) is 1.39. The number of nitrogens with zero attached hydrogens (tertiary/aromatic N) is 1. The van der Waals surface area contributed by atoms with Gasteiger partial charge in [-0.1, -0.05) is 0 Å². The molecule has 5 heteroatoms. The number of methoxy groups -OCH3 is 1. The van der Waals surface area contributed by atoms with E-state index >= 15 is 0 Å². The Morgan fingerprint density at radius 1 is 1.53 bits per heavy atom. The monoisotopic (exact) mass is 209 g/mol. The third-order valence-corrected chi connectivity index (χ3v) is 2.09. The summed E-state index contributed by atoms with van der Waals surface area (Å²) < 4.78 is 18.1. The van der Waals surface area contributed by atoms with Crippen LogP contribution in [0, 0.1) is 5.82 Å². The maximum atomic E-state index is 13.0. The summed E-state index contributed by atoms with van der Waals surface area (Å²) in [5.41, 5.74) is 0.575. The molecule has 2 N–H and O–H groups in total. The van der Waals surface area contributed by atoms with Gasteiger partial charge in [-0.2, -0.15) is 0 Å². The van der Waals surface area contributed by atoms with E-state index in [-0.39, 0.29) is 5.82 Å². The molecule has 1 heterocycles. The summed E-state index contributed by atoms with van der Waals surface area (Å²) in [5, 5.41) is 6.01. The van der Waals surface area contributed by atoms with Gasteiger partial charge in [0, 0.05) is 12.6 Å². The van der Waals surface area contributed by atoms with Crippen LogP contribution in [0.3, 0.4) is 0 Å². The van der Waals surface area contributed by atoms with Crippen LogP contribution in [-0.4, -0.2) is 26.2 Å². The van der Waals surface area contributed by atoms with Gasteiger partial charge in [0.2, 0.25) is 0 Å². The van der Waals surface area contributed by atoms with E-state index in [0.29, 0.717) is 17.4 Å². The van der Waals surface area contributed by atoms with Crippen molar-refractivity contribution in [2.24, 2.45) is 4.99 Å². The van der Waals surface area contributed by atoms with Crippen LogP contribution >= 0.6 is 0 Å². The lowest BCUT2D eigenvalue weighted by molar-refractivity contribution is 0.416. The molecule has 80 valence electrons. The highest BCUT2D eigenvalue weighted by atomic mass is 19.1. The van der Waals surface area contributed by atoms with Gasteiger partial charge >= 0.3 is 0 Å². The summed E-state index contributed by atoms with van der Waals surface area (Å²) in [5.74, 6) is 0.934. The molecule has 0 bridgehead atoms. The molecule has 4 nitrogen and oxygen atoms in total. The smallest absolute Gasteiger partial charge is 0.196 e. The fourth-order valence-corrected chi connectivity index (χ4v) is 1.39. The first kappa shape index (κ1) is 9.76. The van der Waals surface area contributed by atoms with E-state index in [1.165, 1.54) is 12.1 Å². The van der Waals surface area contributed by atoms with Gasteiger partial charge in [-0.15, -0.1) is 0 Å². The van der Waals surface area contributed by atoms with Crippen molar-refractivity contribution in [3.8, 4) is 5.75 Å². The minimum Gasteiger partial charge on any atom is -0.495 e.